The standard InChI is InChI=1S/C28H47N9O16/c1-3-20(45)32-17(10-41)26(51)36-15(8-39)24(49)30-5-22(47)34-19(12-43)28(53)37-16(9-40)25(50)31-6-21(46)33-18(11-42)27(52)35-14(7-38)23(48)29-4-13(2)44/h14-19,38-43H,3-12H2,1-2H3,(H,29,48)(H,30,49)(H,31,50)(H,32,45)(H,33,46)(H,34,47)(H,35,52)(H,36,51)(H,37,53)/t14-,15-,16-,17-,18-,19-/m0/s1. The molecule has 9 amide bonds. The first-order valence-electron chi connectivity index (χ1n) is 15.8. The van der Waals surface area contributed by atoms with Crippen molar-refractivity contribution in [3.8, 4) is 0 Å². The van der Waals surface area contributed by atoms with Gasteiger partial charge in [-0.3, -0.25) is 47.9 Å². The van der Waals surface area contributed by atoms with E-state index in [1.165, 1.54) is 13.8 Å². The Balaban J connectivity index is 5.05. The quantitative estimate of drug-likeness (QED) is 0.0410. The molecule has 0 heterocycles. The predicted octanol–water partition coefficient (Wildman–Crippen LogP) is -10.8. The maximum atomic E-state index is 12.6. The Morgan fingerprint density at radius 2 is 0.623 bits per heavy atom. The highest BCUT2D eigenvalue weighted by Gasteiger charge is 2.30. The number of aliphatic hydroxyl groups is 6. The fourth-order valence-corrected chi connectivity index (χ4v) is 3.68. The third-order valence-electron chi connectivity index (χ3n) is 6.63. The van der Waals surface area contributed by atoms with Crippen molar-refractivity contribution < 1.29 is 78.6 Å². The SMILES string of the molecule is CCC(=O)N[C@@H](CO)C(=O)N[C@@H](CO)C(=O)NCC(=O)N[C@@H](CO)C(=O)N[C@@H](CO)C(=O)NCC(=O)N[C@@H](CO)C(=O)N[C@@H](CO)C(=O)NCC(C)=O. The molecule has 0 aliphatic heterocycles. The first-order valence-corrected chi connectivity index (χ1v) is 15.8. The maximum absolute atomic E-state index is 12.6. The summed E-state index contributed by atoms with van der Waals surface area (Å²) in [6.07, 6.45) is -0.0110. The van der Waals surface area contributed by atoms with Gasteiger partial charge in [0.1, 0.15) is 42.0 Å². The zero-order chi connectivity index (χ0) is 40.7. The Kier molecular flexibility index (Phi) is 23.0. The minimum absolute atomic E-state index is 0.0110. The molecule has 0 saturated carbocycles. The molecule has 0 aromatic carbocycles. The Labute approximate surface area is 301 Å². The van der Waals surface area contributed by atoms with Crippen LogP contribution in [0.15, 0.2) is 0 Å². The second-order valence-electron chi connectivity index (χ2n) is 10.8. The summed E-state index contributed by atoms with van der Waals surface area (Å²) in [5, 5.41) is 75.5. The van der Waals surface area contributed by atoms with Crippen molar-refractivity contribution in [2.75, 3.05) is 59.3 Å². The summed E-state index contributed by atoms with van der Waals surface area (Å²) in [6.45, 7) is -5.22. The second kappa shape index (κ2) is 25.6. The molecule has 0 fully saturated rings. The fourth-order valence-electron chi connectivity index (χ4n) is 3.68. The molecule has 25 nitrogen and oxygen atoms in total. The van der Waals surface area contributed by atoms with E-state index in [-0.39, 0.29) is 13.0 Å². The van der Waals surface area contributed by atoms with Gasteiger partial charge >= 0.3 is 0 Å². The number of ketones is 1. The number of aliphatic hydroxyl groups excluding tert-OH is 6. The molecule has 0 unspecified atom stereocenters. The molecule has 53 heavy (non-hydrogen) atoms. The lowest BCUT2D eigenvalue weighted by Crippen LogP contribution is -2.59. The number of carbonyl (C=O) groups excluding carboxylic acids is 10. The van der Waals surface area contributed by atoms with Crippen LogP contribution in [-0.4, -0.2) is 185 Å². The smallest absolute Gasteiger partial charge is 0.245 e. The largest absolute Gasteiger partial charge is 0.394 e. The highest BCUT2D eigenvalue weighted by molar-refractivity contribution is 5.97. The van der Waals surface area contributed by atoms with Crippen LogP contribution in [0, 0.1) is 0 Å². The van der Waals surface area contributed by atoms with E-state index >= 15 is 0 Å². The summed E-state index contributed by atoms with van der Waals surface area (Å²) < 4.78 is 0. The molecule has 300 valence electrons. The minimum atomic E-state index is -1.75. The molecule has 0 bridgehead atoms. The highest BCUT2D eigenvalue weighted by Crippen LogP contribution is 1.93. The van der Waals surface area contributed by atoms with Crippen LogP contribution in [0.2, 0.25) is 0 Å². The van der Waals surface area contributed by atoms with Gasteiger partial charge in [0.15, 0.2) is 0 Å². The summed E-state index contributed by atoms with van der Waals surface area (Å²) in [5.74, 6) is -9.67. The van der Waals surface area contributed by atoms with Crippen LogP contribution in [-0.2, 0) is 47.9 Å². The van der Waals surface area contributed by atoms with Gasteiger partial charge in [-0.1, -0.05) is 6.92 Å². The number of nitrogens with one attached hydrogen (secondary N) is 9. The molecule has 0 aliphatic rings. The van der Waals surface area contributed by atoms with Crippen LogP contribution in [0.1, 0.15) is 20.3 Å². The van der Waals surface area contributed by atoms with Crippen LogP contribution in [0.4, 0.5) is 0 Å². The zero-order valence-electron chi connectivity index (χ0n) is 28.8. The molecule has 0 rings (SSSR count). The number of carbonyl (C=O) groups is 10. The van der Waals surface area contributed by atoms with Crippen molar-refractivity contribution in [3.05, 3.63) is 0 Å². The van der Waals surface area contributed by atoms with E-state index in [0.717, 1.165) is 0 Å². The van der Waals surface area contributed by atoms with E-state index in [1.807, 2.05) is 21.3 Å². The van der Waals surface area contributed by atoms with Gasteiger partial charge in [0.25, 0.3) is 0 Å². The molecular weight excluding hydrogens is 718 g/mol. The average Bonchev–Trinajstić information content (AvgIpc) is 3.14. The Morgan fingerprint density at radius 1 is 0.377 bits per heavy atom. The average molecular weight is 766 g/mol. The van der Waals surface area contributed by atoms with Crippen molar-refractivity contribution in [2.45, 2.75) is 56.5 Å². The van der Waals surface area contributed by atoms with Crippen LogP contribution in [0.3, 0.4) is 0 Å². The van der Waals surface area contributed by atoms with Crippen LogP contribution in [0.25, 0.3) is 0 Å². The molecule has 25 heteroatoms. The normalized spacial score (nSPS) is 14.0. The Morgan fingerprint density at radius 3 is 0.868 bits per heavy atom. The summed E-state index contributed by atoms with van der Waals surface area (Å²) in [5.41, 5.74) is 0. The van der Waals surface area contributed by atoms with Crippen molar-refractivity contribution in [2.24, 2.45) is 0 Å². The third kappa shape index (κ3) is 18.1. The molecule has 6 atom stereocenters. The molecule has 0 spiro atoms. The van der Waals surface area contributed by atoms with Crippen LogP contribution < -0.4 is 47.9 Å². The molecule has 15 N–H and O–H groups in total. The number of Topliss-reactive ketones (excluding diaryl/α,β-unsaturated/α-hetero) is 1. The van der Waals surface area contributed by atoms with E-state index in [1.54, 1.807) is 0 Å². The van der Waals surface area contributed by atoms with E-state index in [9.17, 15) is 78.6 Å². The van der Waals surface area contributed by atoms with Crippen molar-refractivity contribution in [1.82, 2.24) is 47.9 Å². The summed E-state index contributed by atoms with van der Waals surface area (Å²) in [6, 6.07) is -9.79. The first kappa shape index (κ1) is 47.7. The topological polar surface area (TPSA) is 400 Å². The van der Waals surface area contributed by atoms with Crippen LogP contribution >= 0.6 is 0 Å². The molecule has 0 aromatic rings. The van der Waals surface area contributed by atoms with E-state index in [4.69, 9.17) is 0 Å². The van der Waals surface area contributed by atoms with Crippen molar-refractivity contribution in [3.63, 3.8) is 0 Å². The zero-order valence-corrected chi connectivity index (χ0v) is 28.8. The number of rotatable bonds is 25. The highest BCUT2D eigenvalue weighted by atomic mass is 16.3. The van der Waals surface area contributed by atoms with Gasteiger partial charge in [-0.2, -0.15) is 0 Å². The fraction of sp³-hybridized carbons (Fsp3) is 0.643. The second-order valence-corrected chi connectivity index (χ2v) is 10.8. The lowest BCUT2D eigenvalue weighted by atomic mass is 10.2. The van der Waals surface area contributed by atoms with E-state index in [0.29, 0.717) is 0 Å². The Hall–Kier alpha value is -5.34. The lowest BCUT2D eigenvalue weighted by Gasteiger charge is -2.22. The van der Waals surface area contributed by atoms with Crippen molar-refractivity contribution >= 4 is 58.9 Å². The molecule has 0 radical (unpaired) electrons. The molecule has 0 aromatic heterocycles. The predicted molar refractivity (Wildman–Crippen MR) is 174 cm³/mol. The number of amides is 9. The van der Waals surface area contributed by atoms with Gasteiger partial charge in [-0.15, -0.1) is 0 Å². The lowest BCUT2D eigenvalue weighted by molar-refractivity contribution is -0.135. The minimum Gasteiger partial charge on any atom is -0.394 e. The number of hydrogen-bond donors (Lipinski definition) is 15. The molecular formula is C28H47N9O16. The maximum Gasteiger partial charge on any atom is 0.245 e. The van der Waals surface area contributed by atoms with Gasteiger partial charge in [0.05, 0.1) is 59.3 Å². The number of hydrogen-bond acceptors (Lipinski definition) is 16. The summed E-state index contributed by atoms with van der Waals surface area (Å²) in [4.78, 5) is 121. The van der Waals surface area contributed by atoms with E-state index in [2.05, 4.69) is 26.6 Å². The molecule has 0 saturated heterocycles. The van der Waals surface area contributed by atoms with Gasteiger partial charge in [0.2, 0.25) is 53.2 Å². The van der Waals surface area contributed by atoms with Gasteiger partial charge < -0.3 is 78.5 Å². The van der Waals surface area contributed by atoms with Crippen LogP contribution in [0.5, 0.6) is 0 Å². The van der Waals surface area contributed by atoms with E-state index < -0.39 is 148 Å². The first-order chi connectivity index (χ1) is 25.0. The van der Waals surface area contributed by atoms with Gasteiger partial charge in [-0.25, -0.2) is 0 Å². The Bertz CT molecular complexity index is 1320. The molecule has 0 aliphatic carbocycles. The van der Waals surface area contributed by atoms with Crippen molar-refractivity contribution in [1.29, 1.82) is 0 Å². The van der Waals surface area contributed by atoms with Gasteiger partial charge in [-0.05, 0) is 6.92 Å². The van der Waals surface area contributed by atoms with Gasteiger partial charge in [0, 0.05) is 6.42 Å². The summed E-state index contributed by atoms with van der Waals surface area (Å²) in [7, 11) is 0. The summed E-state index contributed by atoms with van der Waals surface area (Å²) >= 11 is 0. The third-order valence-corrected chi connectivity index (χ3v) is 6.63. The monoisotopic (exact) mass is 765 g/mol.